The minimum Gasteiger partial charge on any atom is -0.476 e. The number of carboxylic acids is 1. The summed E-state index contributed by atoms with van der Waals surface area (Å²) in [6, 6.07) is 11.6. The van der Waals surface area contributed by atoms with Crippen LogP contribution in [-0.2, 0) is 4.79 Å². The van der Waals surface area contributed by atoms with Crippen LogP contribution in [0.15, 0.2) is 53.3 Å². The van der Waals surface area contributed by atoms with Crippen molar-refractivity contribution in [1.29, 1.82) is 0 Å². The number of benzene rings is 2. The minimum absolute atomic E-state index is 0.152. The second kappa shape index (κ2) is 7.43. The molecule has 0 saturated carbocycles. The van der Waals surface area contributed by atoms with E-state index in [1.165, 1.54) is 26.0 Å². The van der Waals surface area contributed by atoms with E-state index >= 15 is 0 Å². The Kier molecular flexibility index (Phi) is 5.04. The van der Waals surface area contributed by atoms with Gasteiger partial charge in [0.25, 0.3) is 5.56 Å². The van der Waals surface area contributed by atoms with Gasteiger partial charge in [0, 0.05) is 10.9 Å². The monoisotopic (exact) mass is 379 g/mol. The molecule has 1 heterocycles. The third kappa shape index (κ3) is 3.39. The molecule has 0 spiro atoms. The number of nitrogens with zero attached hydrogens (tertiary/aromatic N) is 2. The number of aromatic nitrogens is 2. The first kappa shape index (κ1) is 19.0. The third-order valence-corrected chi connectivity index (χ3v) is 4.34. The minimum atomic E-state index is -1.31. The number of hydrogen-bond acceptors (Lipinski definition) is 5. The van der Waals surface area contributed by atoms with Crippen LogP contribution in [0.1, 0.15) is 40.7 Å². The van der Waals surface area contributed by atoms with E-state index in [1.807, 2.05) is 0 Å². The van der Waals surface area contributed by atoms with E-state index in [4.69, 9.17) is 0 Å². The third-order valence-electron chi connectivity index (χ3n) is 4.34. The second-order valence-corrected chi connectivity index (χ2v) is 6.22. The summed E-state index contributed by atoms with van der Waals surface area (Å²) in [6.07, 6.45) is 0. The van der Waals surface area contributed by atoms with Crippen molar-refractivity contribution in [1.82, 2.24) is 9.78 Å². The van der Waals surface area contributed by atoms with Crippen molar-refractivity contribution in [2.24, 2.45) is 0 Å². The van der Waals surface area contributed by atoms with Crippen LogP contribution in [0.4, 0.5) is 5.69 Å². The van der Waals surface area contributed by atoms with E-state index in [0.29, 0.717) is 11.3 Å². The van der Waals surface area contributed by atoms with Gasteiger partial charge in [0.05, 0.1) is 11.1 Å². The molecule has 1 unspecified atom stereocenters. The number of rotatable bonds is 5. The van der Waals surface area contributed by atoms with Gasteiger partial charge in [-0.3, -0.25) is 14.4 Å². The summed E-state index contributed by atoms with van der Waals surface area (Å²) < 4.78 is 0.845. The van der Waals surface area contributed by atoms with Crippen molar-refractivity contribution in [2.75, 3.05) is 5.32 Å². The van der Waals surface area contributed by atoms with Crippen molar-refractivity contribution < 1.29 is 19.5 Å². The van der Waals surface area contributed by atoms with Gasteiger partial charge in [0.2, 0.25) is 5.91 Å². The molecule has 0 radical (unpaired) electrons. The second-order valence-electron chi connectivity index (χ2n) is 6.22. The highest BCUT2D eigenvalue weighted by atomic mass is 16.4. The number of nitrogens with one attached hydrogen (secondary N) is 1. The van der Waals surface area contributed by atoms with E-state index in [2.05, 4.69) is 10.4 Å². The lowest BCUT2D eigenvalue weighted by molar-refractivity contribution is -0.119. The molecule has 3 aromatic rings. The highest BCUT2D eigenvalue weighted by molar-refractivity contribution is 6.04. The Balaban J connectivity index is 2.04. The molecular weight excluding hydrogens is 362 g/mol. The fourth-order valence-corrected chi connectivity index (χ4v) is 2.87. The van der Waals surface area contributed by atoms with Crippen LogP contribution >= 0.6 is 0 Å². The zero-order valence-corrected chi connectivity index (χ0v) is 15.2. The van der Waals surface area contributed by atoms with Crippen LogP contribution in [0.2, 0.25) is 0 Å². The Hall–Kier alpha value is -3.81. The molecule has 0 aliphatic rings. The summed E-state index contributed by atoms with van der Waals surface area (Å²) in [7, 11) is 0. The highest BCUT2D eigenvalue weighted by Crippen LogP contribution is 2.19. The molecule has 1 amide bonds. The maximum absolute atomic E-state index is 12.8. The van der Waals surface area contributed by atoms with Gasteiger partial charge in [-0.2, -0.15) is 5.10 Å². The number of carboxylic acid groups (broad SMARTS) is 1. The largest absolute Gasteiger partial charge is 0.476 e. The maximum atomic E-state index is 12.8. The normalized spacial score (nSPS) is 11.8. The maximum Gasteiger partial charge on any atom is 0.357 e. The number of amides is 1. The molecule has 0 bridgehead atoms. The molecule has 2 N–H and O–H groups in total. The average molecular weight is 379 g/mol. The standard InChI is InChI=1S/C20H17N3O5/c1-11(18(25)21-16-10-6-5-7-13(16)12(2)24)23-19(26)15-9-4-3-8-14(15)17(22-23)20(27)28/h3-11H,1-2H3,(H,21,25)(H,27,28). The molecule has 1 atom stereocenters. The van der Waals surface area contributed by atoms with E-state index in [0.717, 1.165) is 4.68 Å². The lowest BCUT2D eigenvalue weighted by Crippen LogP contribution is -2.35. The number of carbonyl (C=O) groups excluding carboxylic acids is 2. The number of Topliss-reactive ketones (excluding diaryl/α,β-unsaturated/α-hetero) is 1. The number of hydrogen-bond donors (Lipinski definition) is 2. The molecule has 28 heavy (non-hydrogen) atoms. The zero-order chi connectivity index (χ0) is 20.4. The van der Waals surface area contributed by atoms with Crippen LogP contribution < -0.4 is 10.9 Å². The predicted molar refractivity (Wildman–Crippen MR) is 103 cm³/mol. The van der Waals surface area contributed by atoms with Crippen LogP contribution in [-0.4, -0.2) is 32.5 Å². The van der Waals surface area contributed by atoms with Gasteiger partial charge >= 0.3 is 5.97 Å². The Morgan fingerprint density at radius 3 is 2.29 bits per heavy atom. The molecular formula is C20H17N3O5. The number of para-hydroxylation sites is 1. The fourth-order valence-electron chi connectivity index (χ4n) is 2.87. The average Bonchev–Trinajstić information content (AvgIpc) is 2.68. The van der Waals surface area contributed by atoms with Crippen LogP contribution in [0.5, 0.6) is 0 Å². The molecule has 1 aromatic heterocycles. The lowest BCUT2D eigenvalue weighted by atomic mass is 10.1. The highest BCUT2D eigenvalue weighted by Gasteiger charge is 2.23. The van der Waals surface area contributed by atoms with Gasteiger partial charge in [-0.25, -0.2) is 9.48 Å². The van der Waals surface area contributed by atoms with E-state index < -0.39 is 23.5 Å². The first-order valence-electron chi connectivity index (χ1n) is 8.47. The van der Waals surface area contributed by atoms with Crippen molar-refractivity contribution in [3.8, 4) is 0 Å². The van der Waals surface area contributed by atoms with Crippen LogP contribution in [0.3, 0.4) is 0 Å². The first-order chi connectivity index (χ1) is 13.3. The molecule has 8 nitrogen and oxygen atoms in total. The van der Waals surface area contributed by atoms with Gasteiger partial charge in [-0.15, -0.1) is 0 Å². The Labute approximate surface area is 159 Å². The Morgan fingerprint density at radius 1 is 1.04 bits per heavy atom. The summed E-state index contributed by atoms with van der Waals surface area (Å²) in [6.45, 7) is 2.81. The number of fused-ring (bicyclic) bond motifs is 1. The van der Waals surface area contributed by atoms with Crippen LogP contribution in [0.25, 0.3) is 10.8 Å². The molecule has 0 fully saturated rings. The molecule has 0 aliphatic heterocycles. The Bertz CT molecular complexity index is 1170. The Morgan fingerprint density at radius 2 is 1.64 bits per heavy atom. The van der Waals surface area contributed by atoms with Gasteiger partial charge < -0.3 is 10.4 Å². The van der Waals surface area contributed by atoms with E-state index in [9.17, 15) is 24.3 Å². The van der Waals surface area contributed by atoms with Gasteiger partial charge in [-0.05, 0) is 32.0 Å². The molecule has 0 aliphatic carbocycles. The summed E-state index contributed by atoms with van der Waals surface area (Å²) in [4.78, 5) is 48.7. The molecule has 2 aromatic carbocycles. The molecule has 0 saturated heterocycles. The van der Waals surface area contributed by atoms with Gasteiger partial charge in [-0.1, -0.05) is 30.3 Å². The summed E-state index contributed by atoms with van der Waals surface area (Å²) in [5, 5.41) is 16.3. The topological polar surface area (TPSA) is 118 Å². The van der Waals surface area contributed by atoms with Crippen molar-refractivity contribution in [3.05, 3.63) is 70.1 Å². The quantitative estimate of drug-likeness (QED) is 0.658. The van der Waals surface area contributed by atoms with Crippen molar-refractivity contribution in [2.45, 2.75) is 19.9 Å². The van der Waals surface area contributed by atoms with E-state index in [1.54, 1.807) is 36.4 Å². The fraction of sp³-hybridized carbons (Fsp3) is 0.150. The van der Waals surface area contributed by atoms with E-state index in [-0.39, 0.29) is 22.2 Å². The predicted octanol–water partition coefficient (Wildman–Crippen LogP) is 2.50. The summed E-state index contributed by atoms with van der Waals surface area (Å²) in [5.74, 6) is -2.13. The first-order valence-corrected chi connectivity index (χ1v) is 8.47. The van der Waals surface area contributed by atoms with Crippen LogP contribution in [0, 0.1) is 0 Å². The number of ketones is 1. The SMILES string of the molecule is CC(=O)c1ccccc1NC(=O)C(C)n1nc(C(=O)O)c2ccccc2c1=O. The van der Waals surface area contributed by atoms with Crippen molar-refractivity contribution >= 4 is 34.1 Å². The molecule has 8 heteroatoms. The smallest absolute Gasteiger partial charge is 0.357 e. The van der Waals surface area contributed by atoms with Gasteiger partial charge in [0.15, 0.2) is 11.5 Å². The van der Waals surface area contributed by atoms with Gasteiger partial charge in [0.1, 0.15) is 6.04 Å². The lowest BCUT2D eigenvalue weighted by Gasteiger charge is -2.16. The zero-order valence-electron chi connectivity index (χ0n) is 15.2. The summed E-state index contributed by atoms with van der Waals surface area (Å²) >= 11 is 0. The van der Waals surface area contributed by atoms with Crippen molar-refractivity contribution in [3.63, 3.8) is 0 Å². The molecule has 142 valence electrons. The number of aromatic carboxylic acids is 1. The number of carbonyl (C=O) groups is 3. The summed E-state index contributed by atoms with van der Waals surface area (Å²) in [5.41, 5.74) is -0.269. The number of anilines is 1. The molecule has 3 rings (SSSR count).